The highest BCUT2D eigenvalue weighted by Gasteiger charge is 2.37. The Bertz CT molecular complexity index is 549. The van der Waals surface area contributed by atoms with Gasteiger partial charge in [-0.15, -0.1) is 10.2 Å². The second-order valence-electron chi connectivity index (χ2n) is 7.40. The van der Waals surface area contributed by atoms with E-state index < -0.39 is 0 Å². The molecule has 0 aliphatic carbocycles. The number of hydrogen-bond acceptors (Lipinski definition) is 4. The highest BCUT2D eigenvalue weighted by molar-refractivity contribution is 5.79. The van der Waals surface area contributed by atoms with Crippen LogP contribution < -0.4 is 0 Å². The van der Waals surface area contributed by atoms with Crippen molar-refractivity contribution < 1.29 is 9.53 Å². The van der Waals surface area contributed by atoms with Crippen LogP contribution in [0.2, 0.25) is 0 Å². The number of carbonyl (C=O) groups excluding carboxylic acids is 1. The van der Waals surface area contributed by atoms with E-state index in [1.165, 1.54) is 0 Å². The van der Waals surface area contributed by atoms with Gasteiger partial charge in [-0.2, -0.15) is 0 Å². The van der Waals surface area contributed by atoms with Gasteiger partial charge in [-0.25, -0.2) is 0 Å². The molecule has 2 fully saturated rings. The largest absolute Gasteiger partial charge is 0.377 e. The van der Waals surface area contributed by atoms with E-state index in [-0.39, 0.29) is 12.0 Å². The second-order valence-corrected chi connectivity index (χ2v) is 7.40. The van der Waals surface area contributed by atoms with Crippen LogP contribution in [-0.4, -0.2) is 51.4 Å². The fourth-order valence-corrected chi connectivity index (χ4v) is 4.14. The first-order valence-electron chi connectivity index (χ1n) is 9.39. The van der Waals surface area contributed by atoms with Gasteiger partial charge in [0.05, 0.1) is 12.0 Å². The second kappa shape index (κ2) is 7.64. The molecule has 0 spiro atoms. The minimum Gasteiger partial charge on any atom is -0.377 e. The number of amides is 1. The molecule has 24 heavy (non-hydrogen) atoms. The van der Waals surface area contributed by atoms with E-state index in [0.717, 1.165) is 57.7 Å². The molecule has 3 rings (SSSR count). The Morgan fingerprint density at radius 1 is 1.33 bits per heavy atom. The molecular formula is C18H30N4O2. The highest BCUT2D eigenvalue weighted by Crippen LogP contribution is 2.31. The van der Waals surface area contributed by atoms with Crippen LogP contribution in [-0.2, 0) is 16.1 Å². The summed E-state index contributed by atoms with van der Waals surface area (Å²) < 4.78 is 8.02. The number of rotatable bonds is 4. The topological polar surface area (TPSA) is 60.2 Å². The average molecular weight is 334 g/mol. The maximum atomic E-state index is 13.0. The number of nitrogens with zero attached hydrogens (tertiary/aromatic N) is 4. The number of ether oxygens (including phenoxy) is 1. The fourth-order valence-electron chi connectivity index (χ4n) is 4.14. The molecule has 2 aliphatic rings. The number of aryl methyl sites for hydroxylation is 1. The van der Waals surface area contributed by atoms with Gasteiger partial charge < -0.3 is 14.2 Å². The van der Waals surface area contributed by atoms with Crippen molar-refractivity contribution in [3.05, 3.63) is 12.2 Å². The lowest BCUT2D eigenvalue weighted by atomic mass is 9.85. The SMILES string of the molecule is CCn1cnnc1C1CCN(C(=O)[C@@H]2CCCO[C@@H]2C(C)C)CC1. The van der Waals surface area contributed by atoms with Crippen LogP contribution in [0.4, 0.5) is 0 Å². The van der Waals surface area contributed by atoms with E-state index in [4.69, 9.17) is 4.74 Å². The van der Waals surface area contributed by atoms with Gasteiger partial charge in [0.25, 0.3) is 0 Å². The van der Waals surface area contributed by atoms with Crippen molar-refractivity contribution in [1.82, 2.24) is 19.7 Å². The van der Waals surface area contributed by atoms with Crippen LogP contribution in [0.15, 0.2) is 6.33 Å². The molecule has 2 saturated heterocycles. The van der Waals surface area contributed by atoms with Gasteiger partial charge in [-0.3, -0.25) is 4.79 Å². The first-order chi connectivity index (χ1) is 11.6. The molecule has 2 atom stereocenters. The van der Waals surface area contributed by atoms with Crippen molar-refractivity contribution in [1.29, 1.82) is 0 Å². The molecular weight excluding hydrogens is 304 g/mol. The minimum atomic E-state index is 0.0367. The molecule has 6 nitrogen and oxygen atoms in total. The summed E-state index contributed by atoms with van der Waals surface area (Å²) in [4.78, 5) is 15.1. The Hall–Kier alpha value is -1.43. The van der Waals surface area contributed by atoms with Crippen molar-refractivity contribution in [2.24, 2.45) is 11.8 Å². The Morgan fingerprint density at radius 2 is 2.08 bits per heavy atom. The smallest absolute Gasteiger partial charge is 0.228 e. The summed E-state index contributed by atoms with van der Waals surface area (Å²) in [5.74, 6) is 2.21. The monoisotopic (exact) mass is 334 g/mol. The fraction of sp³-hybridized carbons (Fsp3) is 0.833. The molecule has 1 amide bonds. The molecule has 0 saturated carbocycles. The van der Waals surface area contributed by atoms with Crippen molar-refractivity contribution in [2.75, 3.05) is 19.7 Å². The van der Waals surface area contributed by atoms with Gasteiger partial charge in [-0.1, -0.05) is 13.8 Å². The Labute approximate surface area is 144 Å². The van der Waals surface area contributed by atoms with E-state index in [0.29, 0.717) is 17.7 Å². The van der Waals surface area contributed by atoms with Crippen LogP contribution in [0.1, 0.15) is 58.2 Å². The quantitative estimate of drug-likeness (QED) is 0.848. The van der Waals surface area contributed by atoms with E-state index in [9.17, 15) is 4.79 Å². The van der Waals surface area contributed by atoms with Crippen LogP contribution in [0.3, 0.4) is 0 Å². The first kappa shape index (κ1) is 17.4. The minimum absolute atomic E-state index is 0.0367. The average Bonchev–Trinajstić information content (AvgIpc) is 3.10. The predicted octanol–water partition coefficient (Wildman–Crippen LogP) is 2.46. The van der Waals surface area contributed by atoms with Crippen LogP contribution in [0.25, 0.3) is 0 Å². The van der Waals surface area contributed by atoms with Gasteiger partial charge in [0, 0.05) is 32.2 Å². The van der Waals surface area contributed by atoms with Crippen molar-refractivity contribution in [3.8, 4) is 0 Å². The third-order valence-corrected chi connectivity index (χ3v) is 5.50. The summed E-state index contributed by atoms with van der Waals surface area (Å²) >= 11 is 0. The lowest BCUT2D eigenvalue weighted by Gasteiger charge is -2.39. The summed E-state index contributed by atoms with van der Waals surface area (Å²) in [6.07, 6.45) is 5.79. The predicted molar refractivity (Wildman–Crippen MR) is 91.6 cm³/mol. The van der Waals surface area contributed by atoms with Crippen LogP contribution in [0, 0.1) is 11.8 Å². The molecule has 1 aromatic rings. The molecule has 6 heteroatoms. The number of carbonyl (C=O) groups is 1. The van der Waals surface area contributed by atoms with Crippen molar-refractivity contribution in [3.63, 3.8) is 0 Å². The van der Waals surface area contributed by atoms with Gasteiger partial charge in [0.1, 0.15) is 12.2 Å². The van der Waals surface area contributed by atoms with Gasteiger partial charge in [0.15, 0.2) is 0 Å². The highest BCUT2D eigenvalue weighted by atomic mass is 16.5. The Kier molecular flexibility index (Phi) is 5.54. The maximum Gasteiger partial charge on any atom is 0.228 e. The number of piperidine rings is 1. The molecule has 3 heterocycles. The third-order valence-electron chi connectivity index (χ3n) is 5.50. The Morgan fingerprint density at radius 3 is 2.75 bits per heavy atom. The maximum absolute atomic E-state index is 13.0. The summed E-state index contributed by atoms with van der Waals surface area (Å²) in [6.45, 7) is 9.75. The van der Waals surface area contributed by atoms with Crippen molar-refractivity contribution in [2.45, 2.75) is 65.0 Å². The van der Waals surface area contributed by atoms with E-state index in [2.05, 4.69) is 40.4 Å². The number of hydrogen-bond donors (Lipinski definition) is 0. The summed E-state index contributed by atoms with van der Waals surface area (Å²) in [7, 11) is 0. The molecule has 2 aliphatic heterocycles. The molecule has 1 aromatic heterocycles. The van der Waals surface area contributed by atoms with Crippen LogP contribution in [0.5, 0.6) is 0 Å². The summed E-state index contributed by atoms with van der Waals surface area (Å²) in [6, 6.07) is 0. The van der Waals surface area contributed by atoms with E-state index >= 15 is 0 Å². The molecule has 0 aromatic carbocycles. The van der Waals surface area contributed by atoms with Crippen LogP contribution >= 0.6 is 0 Å². The molecule has 0 radical (unpaired) electrons. The Balaban J connectivity index is 1.60. The third kappa shape index (κ3) is 3.48. The van der Waals surface area contributed by atoms with Gasteiger partial charge in [-0.05, 0) is 38.5 Å². The zero-order valence-electron chi connectivity index (χ0n) is 15.1. The molecule has 134 valence electrons. The lowest BCUT2D eigenvalue weighted by molar-refractivity contribution is -0.148. The van der Waals surface area contributed by atoms with E-state index in [1.807, 2.05) is 0 Å². The standard InChI is InChI=1S/C18H30N4O2/c1-4-21-12-19-20-17(21)14-7-9-22(10-8-14)18(23)15-6-5-11-24-16(15)13(2)3/h12-16H,4-11H2,1-3H3/t15-,16-/m1/s1. The van der Waals surface area contributed by atoms with Gasteiger partial charge in [0.2, 0.25) is 5.91 Å². The zero-order valence-corrected chi connectivity index (χ0v) is 15.1. The number of aromatic nitrogens is 3. The summed E-state index contributed by atoms with van der Waals surface area (Å²) in [5, 5.41) is 8.34. The zero-order chi connectivity index (χ0) is 17.1. The lowest BCUT2D eigenvalue weighted by Crippen LogP contribution is -2.48. The molecule has 0 unspecified atom stereocenters. The van der Waals surface area contributed by atoms with E-state index in [1.54, 1.807) is 6.33 Å². The number of likely N-dealkylation sites (tertiary alicyclic amines) is 1. The molecule has 0 N–H and O–H groups in total. The van der Waals surface area contributed by atoms with Crippen molar-refractivity contribution >= 4 is 5.91 Å². The molecule has 0 bridgehead atoms. The summed E-state index contributed by atoms with van der Waals surface area (Å²) in [5.41, 5.74) is 0. The normalized spacial score (nSPS) is 26.1. The van der Waals surface area contributed by atoms with Gasteiger partial charge >= 0.3 is 0 Å². The first-order valence-corrected chi connectivity index (χ1v) is 9.39.